The number of benzene rings is 1. The number of aryl methyl sites for hydroxylation is 1. The molecular weight excluding hydrogens is 210 g/mol. The first-order valence-corrected chi connectivity index (χ1v) is 6.68. The summed E-state index contributed by atoms with van der Waals surface area (Å²) in [6.07, 6.45) is 4.76. The predicted octanol–water partition coefficient (Wildman–Crippen LogP) is 2.82. The van der Waals surface area contributed by atoms with Crippen LogP contribution in [-0.4, -0.2) is 19.3 Å². The van der Waals surface area contributed by atoms with E-state index in [1.165, 1.54) is 30.4 Å². The van der Waals surface area contributed by atoms with Gasteiger partial charge in [0.2, 0.25) is 0 Å². The smallest absolute Gasteiger partial charge is 0.0627 e. The van der Waals surface area contributed by atoms with Gasteiger partial charge < -0.3 is 10.1 Å². The van der Waals surface area contributed by atoms with Crippen LogP contribution in [0.15, 0.2) is 24.3 Å². The Bertz CT molecular complexity index is 404. The molecule has 17 heavy (non-hydrogen) atoms. The lowest BCUT2D eigenvalue weighted by atomic mass is 9.80. The van der Waals surface area contributed by atoms with Gasteiger partial charge in [0.1, 0.15) is 0 Å². The van der Waals surface area contributed by atoms with Crippen molar-refractivity contribution >= 4 is 0 Å². The molecule has 2 fully saturated rings. The normalized spacial score (nSPS) is 32.9. The van der Waals surface area contributed by atoms with Gasteiger partial charge in [0, 0.05) is 12.0 Å². The third-order valence-electron chi connectivity index (χ3n) is 4.42. The van der Waals surface area contributed by atoms with Crippen LogP contribution >= 0.6 is 0 Å². The Labute approximate surface area is 103 Å². The van der Waals surface area contributed by atoms with Gasteiger partial charge in [-0.25, -0.2) is 0 Å². The zero-order valence-electron chi connectivity index (χ0n) is 10.6. The van der Waals surface area contributed by atoms with Crippen LogP contribution in [0.2, 0.25) is 0 Å². The van der Waals surface area contributed by atoms with E-state index >= 15 is 0 Å². The molecule has 2 nitrogen and oxygen atoms in total. The average molecular weight is 231 g/mol. The van der Waals surface area contributed by atoms with E-state index in [1.54, 1.807) is 0 Å². The molecule has 2 heteroatoms. The van der Waals surface area contributed by atoms with E-state index in [9.17, 15) is 0 Å². The van der Waals surface area contributed by atoms with E-state index in [-0.39, 0.29) is 0 Å². The van der Waals surface area contributed by atoms with Crippen LogP contribution in [0.3, 0.4) is 0 Å². The molecule has 4 unspecified atom stereocenters. The molecule has 92 valence electrons. The Balaban J connectivity index is 1.87. The van der Waals surface area contributed by atoms with E-state index in [4.69, 9.17) is 4.74 Å². The molecule has 1 aromatic rings. The summed E-state index contributed by atoms with van der Waals surface area (Å²) in [6.45, 7) is 2.20. The Kier molecular flexibility index (Phi) is 2.93. The van der Waals surface area contributed by atoms with Gasteiger partial charge in [-0.3, -0.25) is 0 Å². The van der Waals surface area contributed by atoms with Crippen molar-refractivity contribution in [2.24, 2.45) is 5.92 Å². The highest BCUT2D eigenvalue weighted by atomic mass is 16.5. The summed E-state index contributed by atoms with van der Waals surface area (Å²) in [5.74, 6) is 0.653. The number of ether oxygens (including phenoxy) is 1. The maximum Gasteiger partial charge on any atom is 0.0627 e. The first kappa shape index (κ1) is 11.2. The van der Waals surface area contributed by atoms with Crippen molar-refractivity contribution < 1.29 is 4.74 Å². The second-order valence-electron chi connectivity index (χ2n) is 5.40. The summed E-state index contributed by atoms with van der Waals surface area (Å²) in [4.78, 5) is 0. The monoisotopic (exact) mass is 231 g/mol. The maximum atomic E-state index is 5.99. The second-order valence-corrected chi connectivity index (χ2v) is 5.40. The summed E-state index contributed by atoms with van der Waals surface area (Å²) >= 11 is 0. The Morgan fingerprint density at radius 2 is 2.12 bits per heavy atom. The molecule has 0 radical (unpaired) electrons. The molecule has 2 saturated heterocycles. The van der Waals surface area contributed by atoms with Crippen LogP contribution in [-0.2, 0) is 4.74 Å². The van der Waals surface area contributed by atoms with E-state index in [1.807, 2.05) is 0 Å². The molecule has 0 aliphatic carbocycles. The fourth-order valence-electron chi connectivity index (χ4n) is 3.56. The average Bonchev–Trinajstić information content (AvgIpc) is 2.95. The van der Waals surface area contributed by atoms with Crippen LogP contribution in [0, 0.1) is 12.8 Å². The van der Waals surface area contributed by atoms with Crippen molar-refractivity contribution in [2.75, 3.05) is 7.05 Å². The molecule has 0 saturated carbocycles. The summed E-state index contributed by atoms with van der Waals surface area (Å²) in [6, 6.07) is 9.16. The summed E-state index contributed by atoms with van der Waals surface area (Å²) in [7, 11) is 2.07. The number of nitrogens with one attached hydrogen (secondary N) is 1. The highest BCUT2D eigenvalue weighted by Gasteiger charge is 2.44. The lowest BCUT2D eigenvalue weighted by Gasteiger charge is -2.29. The van der Waals surface area contributed by atoms with Crippen LogP contribution in [0.5, 0.6) is 0 Å². The van der Waals surface area contributed by atoms with Gasteiger partial charge in [0.15, 0.2) is 0 Å². The van der Waals surface area contributed by atoms with Gasteiger partial charge in [-0.15, -0.1) is 0 Å². The minimum atomic E-state index is 0.450. The van der Waals surface area contributed by atoms with Gasteiger partial charge >= 0.3 is 0 Å². The Morgan fingerprint density at radius 3 is 2.71 bits per heavy atom. The standard InChI is InChI=1S/C15H21NO/c1-10-5-3-4-6-12(10)15(16-2)13-9-11-7-8-14(13)17-11/h3-6,11,13-16H,7-9H2,1-2H3. The zero-order chi connectivity index (χ0) is 11.8. The number of rotatable bonds is 3. The summed E-state index contributed by atoms with van der Waals surface area (Å²) in [5, 5.41) is 3.51. The molecule has 4 atom stereocenters. The van der Waals surface area contributed by atoms with Crippen molar-refractivity contribution in [1.29, 1.82) is 0 Å². The van der Waals surface area contributed by atoms with E-state index in [0.717, 1.165) is 0 Å². The maximum absolute atomic E-state index is 5.99. The third kappa shape index (κ3) is 1.90. The fourth-order valence-corrected chi connectivity index (χ4v) is 3.56. The van der Waals surface area contributed by atoms with Crippen molar-refractivity contribution in [1.82, 2.24) is 5.32 Å². The summed E-state index contributed by atoms with van der Waals surface area (Å²) in [5.41, 5.74) is 2.82. The molecule has 3 rings (SSSR count). The van der Waals surface area contributed by atoms with Crippen LogP contribution < -0.4 is 5.32 Å². The van der Waals surface area contributed by atoms with Crippen LogP contribution in [0.25, 0.3) is 0 Å². The van der Waals surface area contributed by atoms with Crippen molar-refractivity contribution in [3.63, 3.8) is 0 Å². The second kappa shape index (κ2) is 4.43. The molecule has 1 aromatic carbocycles. The SMILES string of the molecule is CNC(c1ccccc1C)C1CC2CCC1O2. The lowest BCUT2D eigenvalue weighted by Crippen LogP contribution is -2.32. The highest BCUT2D eigenvalue weighted by molar-refractivity contribution is 5.30. The lowest BCUT2D eigenvalue weighted by molar-refractivity contribution is 0.0862. The van der Waals surface area contributed by atoms with Crippen LogP contribution in [0.4, 0.5) is 0 Å². The summed E-state index contributed by atoms with van der Waals surface area (Å²) < 4.78 is 5.99. The molecular formula is C15H21NO. The third-order valence-corrected chi connectivity index (χ3v) is 4.42. The molecule has 2 aliphatic heterocycles. The Morgan fingerprint density at radius 1 is 1.29 bits per heavy atom. The molecule has 2 aliphatic rings. The topological polar surface area (TPSA) is 21.3 Å². The molecule has 1 N–H and O–H groups in total. The van der Waals surface area contributed by atoms with Crippen molar-refractivity contribution in [3.05, 3.63) is 35.4 Å². The molecule has 0 spiro atoms. The molecule has 2 heterocycles. The first-order chi connectivity index (χ1) is 8.29. The van der Waals surface area contributed by atoms with E-state index < -0.39 is 0 Å². The first-order valence-electron chi connectivity index (χ1n) is 6.68. The quantitative estimate of drug-likeness (QED) is 0.863. The van der Waals surface area contributed by atoms with Crippen molar-refractivity contribution in [2.45, 2.75) is 44.4 Å². The van der Waals surface area contributed by atoms with Gasteiger partial charge in [0.25, 0.3) is 0 Å². The number of hydrogen-bond acceptors (Lipinski definition) is 2. The number of hydrogen-bond donors (Lipinski definition) is 1. The highest BCUT2D eigenvalue weighted by Crippen LogP contribution is 2.44. The fraction of sp³-hybridized carbons (Fsp3) is 0.600. The zero-order valence-corrected chi connectivity index (χ0v) is 10.6. The Hall–Kier alpha value is -0.860. The molecule has 0 aromatic heterocycles. The minimum absolute atomic E-state index is 0.450. The number of fused-ring (bicyclic) bond motifs is 2. The van der Waals surface area contributed by atoms with Gasteiger partial charge in [-0.2, -0.15) is 0 Å². The van der Waals surface area contributed by atoms with Crippen molar-refractivity contribution in [3.8, 4) is 0 Å². The van der Waals surface area contributed by atoms with Crippen LogP contribution in [0.1, 0.15) is 36.4 Å². The van der Waals surface area contributed by atoms with E-state index in [0.29, 0.717) is 24.2 Å². The van der Waals surface area contributed by atoms with Gasteiger partial charge in [-0.1, -0.05) is 24.3 Å². The van der Waals surface area contributed by atoms with Gasteiger partial charge in [0.05, 0.1) is 12.2 Å². The largest absolute Gasteiger partial charge is 0.375 e. The molecule has 0 amide bonds. The predicted molar refractivity (Wildman–Crippen MR) is 69.0 cm³/mol. The van der Waals surface area contributed by atoms with E-state index in [2.05, 4.69) is 43.6 Å². The van der Waals surface area contributed by atoms with Gasteiger partial charge in [-0.05, 0) is 44.4 Å². The molecule has 2 bridgehead atoms. The minimum Gasteiger partial charge on any atom is -0.375 e.